The lowest BCUT2D eigenvalue weighted by atomic mass is 9.86. The summed E-state index contributed by atoms with van der Waals surface area (Å²) in [5, 5.41) is 10.5. The molecule has 0 aliphatic carbocycles. The normalized spacial score (nSPS) is 13.0. The van der Waals surface area contributed by atoms with Crippen molar-refractivity contribution in [3.05, 3.63) is 77.5 Å². The van der Waals surface area contributed by atoms with E-state index in [-0.39, 0.29) is 11.2 Å². The van der Waals surface area contributed by atoms with Crippen molar-refractivity contribution in [3.63, 3.8) is 0 Å². The van der Waals surface area contributed by atoms with Gasteiger partial charge in [-0.2, -0.15) is 0 Å². The third-order valence-corrected chi connectivity index (χ3v) is 4.10. The number of hydrogen-bond donors (Lipinski definition) is 2. The molecular formula is C20H21FN2O. The van der Waals surface area contributed by atoms with E-state index in [9.17, 15) is 9.50 Å². The first-order chi connectivity index (χ1) is 11.3. The summed E-state index contributed by atoms with van der Waals surface area (Å²) in [6.07, 6.45) is 0.822. The molecule has 0 spiro atoms. The Balaban J connectivity index is 1.83. The van der Waals surface area contributed by atoms with Crippen LogP contribution < -0.4 is 0 Å². The molecule has 0 fully saturated rings. The van der Waals surface area contributed by atoms with E-state index in [2.05, 4.69) is 30.7 Å². The fraction of sp³-hybridized carbons (Fsp3) is 0.250. The minimum Gasteiger partial charge on any atom is -0.380 e. The van der Waals surface area contributed by atoms with Crippen LogP contribution in [0, 0.1) is 5.82 Å². The first-order valence-corrected chi connectivity index (χ1v) is 7.94. The first-order valence-electron chi connectivity index (χ1n) is 7.94. The zero-order valence-electron chi connectivity index (χ0n) is 14.0. The molecule has 0 bridgehead atoms. The molecular weight excluding hydrogens is 303 g/mol. The summed E-state index contributed by atoms with van der Waals surface area (Å²) in [5.41, 5.74) is 3.64. The highest BCUT2D eigenvalue weighted by Crippen LogP contribution is 2.27. The van der Waals surface area contributed by atoms with Gasteiger partial charge >= 0.3 is 0 Å². The Bertz CT molecular complexity index is 814. The van der Waals surface area contributed by atoms with E-state index in [0.29, 0.717) is 5.82 Å². The predicted octanol–water partition coefficient (Wildman–Crippen LogP) is 4.60. The van der Waals surface area contributed by atoms with Crippen LogP contribution in [0.1, 0.15) is 43.8 Å². The Morgan fingerprint density at radius 1 is 1.00 bits per heavy atom. The second-order valence-corrected chi connectivity index (χ2v) is 6.96. The summed E-state index contributed by atoms with van der Waals surface area (Å²) >= 11 is 0. The van der Waals surface area contributed by atoms with Gasteiger partial charge in [0.1, 0.15) is 17.7 Å². The molecule has 124 valence electrons. The van der Waals surface area contributed by atoms with Crippen LogP contribution in [-0.2, 0) is 5.41 Å². The lowest BCUT2D eigenvalue weighted by Crippen LogP contribution is -2.11. The molecule has 4 heteroatoms. The minimum atomic E-state index is -0.826. The monoisotopic (exact) mass is 324 g/mol. The summed E-state index contributed by atoms with van der Waals surface area (Å²) < 4.78 is 13.0. The van der Waals surface area contributed by atoms with Crippen molar-refractivity contribution < 1.29 is 9.50 Å². The summed E-state index contributed by atoms with van der Waals surface area (Å²) in [5.74, 6) is 0.190. The molecule has 0 amide bonds. The summed E-state index contributed by atoms with van der Waals surface area (Å²) in [6, 6.07) is 14.1. The molecule has 1 atom stereocenters. The number of aromatic nitrogens is 2. The van der Waals surface area contributed by atoms with Crippen molar-refractivity contribution in [3.8, 4) is 11.3 Å². The minimum absolute atomic E-state index is 0.0733. The fourth-order valence-corrected chi connectivity index (χ4v) is 2.58. The number of nitrogens with zero attached hydrogens (tertiary/aromatic N) is 1. The molecule has 0 aliphatic rings. The Kier molecular flexibility index (Phi) is 4.24. The maximum absolute atomic E-state index is 13.0. The van der Waals surface area contributed by atoms with Gasteiger partial charge in [0.2, 0.25) is 0 Å². The van der Waals surface area contributed by atoms with Crippen LogP contribution in [0.5, 0.6) is 0 Å². The topological polar surface area (TPSA) is 48.9 Å². The van der Waals surface area contributed by atoms with Gasteiger partial charge in [0.25, 0.3) is 0 Å². The number of imidazole rings is 1. The molecule has 1 unspecified atom stereocenters. The number of rotatable bonds is 3. The van der Waals surface area contributed by atoms with Crippen LogP contribution in [0.2, 0.25) is 0 Å². The van der Waals surface area contributed by atoms with Gasteiger partial charge in [-0.3, -0.25) is 0 Å². The van der Waals surface area contributed by atoms with E-state index in [1.54, 1.807) is 18.3 Å². The van der Waals surface area contributed by atoms with Gasteiger partial charge in [0.15, 0.2) is 0 Å². The molecule has 2 N–H and O–H groups in total. The maximum atomic E-state index is 13.0. The van der Waals surface area contributed by atoms with Gasteiger partial charge in [-0.25, -0.2) is 9.37 Å². The molecule has 3 aromatic rings. The molecule has 3 nitrogen and oxygen atoms in total. The van der Waals surface area contributed by atoms with Crippen LogP contribution in [0.4, 0.5) is 4.39 Å². The third-order valence-electron chi connectivity index (χ3n) is 4.10. The molecule has 1 heterocycles. The maximum Gasteiger partial charge on any atom is 0.140 e. The van der Waals surface area contributed by atoms with Crippen molar-refractivity contribution in [2.75, 3.05) is 0 Å². The molecule has 3 rings (SSSR count). The highest BCUT2D eigenvalue weighted by Gasteiger charge is 2.17. The second-order valence-electron chi connectivity index (χ2n) is 6.96. The smallest absolute Gasteiger partial charge is 0.140 e. The van der Waals surface area contributed by atoms with Crippen LogP contribution in [-0.4, -0.2) is 15.1 Å². The third kappa shape index (κ3) is 3.39. The number of halogens is 1. The van der Waals surface area contributed by atoms with Gasteiger partial charge in [0.05, 0.1) is 11.9 Å². The Labute approximate surface area is 141 Å². The van der Waals surface area contributed by atoms with Crippen LogP contribution >= 0.6 is 0 Å². The van der Waals surface area contributed by atoms with Gasteiger partial charge in [0, 0.05) is 0 Å². The number of aliphatic hydroxyl groups excluding tert-OH is 1. The van der Waals surface area contributed by atoms with Crippen molar-refractivity contribution in [2.24, 2.45) is 0 Å². The number of hydrogen-bond acceptors (Lipinski definition) is 2. The van der Waals surface area contributed by atoms with Crippen molar-refractivity contribution in [1.82, 2.24) is 9.97 Å². The van der Waals surface area contributed by atoms with E-state index in [1.807, 2.05) is 24.3 Å². The van der Waals surface area contributed by atoms with Crippen molar-refractivity contribution in [2.45, 2.75) is 32.3 Å². The van der Waals surface area contributed by atoms with Crippen LogP contribution in [0.25, 0.3) is 11.3 Å². The van der Waals surface area contributed by atoms with Gasteiger partial charge < -0.3 is 10.1 Å². The molecule has 24 heavy (non-hydrogen) atoms. The Morgan fingerprint density at radius 2 is 1.62 bits per heavy atom. The number of nitrogens with one attached hydrogen (secondary N) is 1. The number of aromatic amines is 1. The van der Waals surface area contributed by atoms with Crippen molar-refractivity contribution in [1.29, 1.82) is 0 Å². The van der Waals surface area contributed by atoms with E-state index >= 15 is 0 Å². The molecule has 0 saturated heterocycles. The Hall–Kier alpha value is -2.46. The average Bonchev–Trinajstić information content (AvgIpc) is 3.04. The number of benzene rings is 2. The quantitative estimate of drug-likeness (QED) is 0.740. The van der Waals surface area contributed by atoms with E-state index in [0.717, 1.165) is 16.8 Å². The lowest BCUT2D eigenvalue weighted by molar-refractivity contribution is 0.211. The van der Waals surface area contributed by atoms with Gasteiger partial charge in [-0.05, 0) is 46.4 Å². The van der Waals surface area contributed by atoms with E-state index < -0.39 is 6.10 Å². The molecule has 0 saturated carbocycles. The standard InChI is InChI=1S/C20H21FN2O/c1-20(2,3)15-8-4-14(5-9-15)18(24)19-22-12-17(23-19)13-6-10-16(21)11-7-13/h4-12,18,24H,1-3H3,(H,22,23). The fourth-order valence-electron chi connectivity index (χ4n) is 2.58. The zero-order chi connectivity index (χ0) is 17.3. The summed E-state index contributed by atoms with van der Waals surface area (Å²) in [7, 11) is 0. The molecule has 0 aliphatic heterocycles. The summed E-state index contributed by atoms with van der Waals surface area (Å²) in [4.78, 5) is 7.37. The predicted molar refractivity (Wildman–Crippen MR) is 93.2 cm³/mol. The van der Waals surface area contributed by atoms with Crippen LogP contribution in [0.3, 0.4) is 0 Å². The number of aliphatic hydroxyl groups is 1. The summed E-state index contributed by atoms with van der Waals surface area (Å²) in [6.45, 7) is 6.46. The van der Waals surface area contributed by atoms with E-state index in [4.69, 9.17) is 0 Å². The number of H-pyrrole nitrogens is 1. The van der Waals surface area contributed by atoms with Crippen molar-refractivity contribution >= 4 is 0 Å². The highest BCUT2D eigenvalue weighted by atomic mass is 19.1. The highest BCUT2D eigenvalue weighted by molar-refractivity contribution is 5.58. The molecule has 1 aromatic heterocycles. The average molecular weight is 324 g/mol. The Morgan fingerprint density at radius 3 is 2.21 bits per heavy atom. The second kappa shape index (κ2) is 6.21. The SMILES string of the molecule is CC(C)(C)c1ccc(C(O)c2ncc(-c3ccc(F)cc3)[nH]2)cc1. The molecule has 0 radical (unpaired) electrons. The van der Waals surface area contributed by atoms with Crippen LogP contribution in [0.15, 0.2) is 54.7 Å². The van der Waals surface area contributed by atoms with Gasteiger partial charge in [-0.15, -0.1) is 0 Å². The zero-order valence-corrected chi connectivity index (χ0v) is 14.0. The largest absolute Gasteiger partial charge is 0.380 e. The van der Waals surface area contributed by atoms with Gasteiger partial charge in [-0.1, -0.05) is 45.0 Å². The molecule has 2 aromatic carbocycles. The lowest BCUT2D eigenvalue weighted by Gasteiger charge is -2.19. The first kappa shape index (κ1) is 16.4. The van der Waals surface area contributed by atoms with E-state index in [1.165, 1.54) is 17.7 Å².